The van der Waals surface area contributed by atoms with E-state index in [9.17, 15) is 9.59 Å². The number of nitrogens with one attached hydrogen (secondary N) is 1. The number of piperidine rings is 1. The van der Waals surface area contributed by atoms with Gasteiger partial charge in [-0.1, -0.05) is 17.7 Å². The molecule has 4 rings (SSSR count). The number of nitrogens with zero attached hydrogens (tertiary/aromatic N) is 1. The van der Waals surface area contributed by atoms with E-state index >= 15 is 0 Å². The van der Waals surface area contributed by atoms with Gasteiger partial charge in [0.05, 0.1) is 39.5 Å². The molecule has 0 bridgehead atoms. The normalized spacial score (nSPS) is 16.9. The Morgan fingerprint density at radius 2 is 1.66 bits per heavy atom. The molecule has 9 heteroatoms. The monoisotopic (exact) mass is 502 g/mol. The first-order chi connectivity index (χ1) is 16.9. The van der Waals surface area contributed by atoms with Gasteiger partial charge in [-0.2, -0.15) is 0 Å². The van der Waals surface area contributed by atoms with Crippen LogP contribution in [-0.2, 0) is 6.42 Å². The number of benzene rings is 1. The summed E-state index contributed by atoms with van der Waals surface area (Å²) in [6.07, 6.45) is 4.17. The maximum Gasteiger partial charge on any atom is 0.317 e. The quantitative estimate of drug-likeness (QED) is 0.644. The molecule has 0 saturated carbocycles. The number of urea groups is 1. The van der Waals surface area contributed by atoms with Crippen LogP contribution in [0.1, 0.15) is 42.9 Å². The average molecular weight is 503 g/mol. The van der Waals surface area contributed by atoms with Crippen molar-refractivity contribution in [2.24, 2.45) is 0 Å². The molecule has 1 heterocycles. The largest absolute Gasteiger partial charge is 0.493 e. The number of likely N-dealkylation sites (tertiary alicyclic amines) is 1. The summed E-state index contributed by atoms with van der Waals surface area (Å²) >= 11 is 6.83. The van der Waals surface area contributed by atoms with E-state index in [0.717, 1.165) is 37.9 Å². The van der Waals surface area contributed by atoms with Crippen LogP contribution >= 0.6 is 11.6 Å². The van der Waals surface area contributed by atoms with Gasteiger partial charge in [0.15, 0.2) is 17.2 Å². The molecular weight excluding hydrogens is 472 g/mol. The molecule has 1 atom stereocenters. The number of methoxy groups -OCH3 is 4. The molecule has 2 aliphatic rings. The highest BCUT2D eigenvalue weighted by Gasteiger charge is 2.33. The van der Waals surface area contributed by atoms with E-state index < -0.39 is 6.04 Å². The van der Waals surface area contributed by atoms with Crippen molar-refractivity contribution >= 4 is 17.6 Å². The smallest absolute Gasteiger partial charge is 0.317 e. The number of hydrogen-bond acceptors (Lipinski definition) is 6. The number of carbonyl (C=O) groups excluding carboxylic acids is 1. The lowest BCUT2D eigenvalue weighted by Gasteiger charge is -2.29. The zero-order chi connectivity index (χ0) is 25.1. The highest BCUT2D eigenvalue weighted by Crippen LogP contribution is 2.54. The van der Waals surface area contributed by atoms with E-state index in [1.807, 2.05) is 11.0 Å². The fourth-order valence-electron chi connectivity index (χ4n) is 5.03. The fourth-order valence-corrected chi connectivity index (χ4v) is 5.38. The molecule has 2 aromatic carbocycles. The molecule has 35 heavy (non-hydrogen) atoms. The van der Waals surface area contributed by atoms with Crippen LogP contribution in [0, 0.1) is 0 Å². The Morgan fingerprint density at radius 1 is 0.971 bits per heavy atom. The van der Waals surface area contributed by atoms with Gasteiger partial charge < -0.3 is 29.2 Å². The van der Waals surface area contributed by atoms with Crippen molar-refractivity contribution < 1.29 is 23.7 Å². The van der Waals surface area contributed by atoms with Crippen molar-refractivity contribution in [3.8, 4) is 34.1 Å². The molecule has 2 amide bonds. The predicted molar refractivity (Wildman–Crippen MR) is 134 cm³/mol. The van der Waals surface area contributed by atoms with Gasteiger partial charge in [0.2, 0.25) is 11.2 Å². The van der Waals surface area contributed by atoms with Gasteiger partial charge in [0.25, 0.3) is 0 Å². The van der Waals surface area contributed by atoms with Crippen molar-refractivity contribution in [2.75, 3.05) is 41.5 Å². The lowest BCUT2D eigenvalue weighted by atomic mass is 9.95. The van der Waals surface area contributed by atoms with Crippen molar-refractivity contribution in [3.05, 3.63) is 44.6 Å². The van der Waals surface area contributed by atoms with Gasteiger partial charge in [0.1, 0.15) is 0 Å². The first kappa shape index (κ1) is 25.0. The third-order valence-electron chi connectivity index (χ3n) is 6.75. The van der Waals surface area contributed by atoms with E-state index in [2.05, 4.69) is 5.32 Å². The van der Waals surface area contributed by atoms with E-state index in [-0.39, 0.29) is 17.2 Å². The minimum Gasteiger partial charge on any atom is -0.493 e. The summed E-state index contributed by atoms with van der Waals surface area (Å²) < 4.78 is 22.3. The molecule has 1 fully saturated rings. The van der Waals surface area contributed by atoms with Crippen molar-refractivity contribution in [3.63, 3.8) is 0 Å². The highest BCUT2D eigenvalue weighted by molar-refractivity contribution is 6.34. The number of ether oxygens (including phenoxy) is 4. The van der Waals surface area contributed by atoms with Crippen LogP contribution in [0.4, 0.5) is 4.79 Å². The Hall–Kier alpha value is -3.13. The SMILES string of the molecule is COc1c(Cl)c2c(c(OC)c1OC)-c1ccc(OC)c(=O)cc1[C@@H](NC(=O)N1CCCCC1)CC2. The summed E-state index contributed by atoms with van der Waals surface area (Å²) in [7, 11) is 6.05. The van der Waals surface area contributed by atoms with E-state index in [0.29, 0.717) is 51.8 Å². The molecular formula is C26H31ClN2O6. The Morgan fingerprint density at radius 3 is 2.29 bits per heavy atom. The number of fused-ring (bicyclic) bond motifs is 3. The maximum absolute atomic E-state index is 13.2. The van der Waals surface area contributed by atoms with Gasteiger partial charge in [-0.3, -0.25) is 4.79 Å². The second-order valence-corrected chi connectivity index (χ2v) is 9.01. The highest BCUT2D eigenvalue weighted by atomic mass is 35.5. The maximum atomic E-state index is 13.2. The van der Waals surface area contributed by atoms with Gasteiger partial charge in [-0.15, -0.1) is 0 Å². The average Bonchev–Trinajstić information content (AvgIpc) is 3.13. The van der Waals surface area contributed by atoms with Crippen LogP contribution in [0.5, 0.6) is 23.0 Å². The number of carbonyl (C=O) groups is 1. The second-order valence-electron chi connectivity index (χ2n) is 8.64. The van der Waals surface area contributed by atoms with Crippen LogP contribution < -0.4 is 29.7 Å². The molecule has 0 radical (unpaired) electrons. The molecule has 1 aliphatic heterocycles. The Bertz CT molecular complexity index is 1180. The topological polar surface area (TPSA) is 86.3 Å². The van der Waals surface area contributed by atoms with Crippen LogP contribution in [-0.4, -0.2) is 52.5 Å². The van der Waals surface area contributed by atoms with Crippen LogP contribution in [0.15, 0.2) is 23.0 Å². The molecule has 1 aliphatic carbocycles. The fraction of sp³-hybridized carbons (Fsp3) is 0.462. The first-order valence-corrected chi connectivity index (χ1v) is 12.1. The van der Waals surface area contributed by atoms with Crippen LogP contribution in [0.3, 0.4) is 0 Å². The first-order valence-electron chi connectivity index (χ1n) is 11.7. The summed E-state index contributed by atoms with van der Waals surface area (Å²) in [6.45, 7) is 1.45. The second kappa shape index (κ2) is 10.6. The molecule has 8 nitrogen and oxygen atoms in total. The van der Waals surface area contributed by atoms with Gasteiger partial charge in [-0.05, 0) is 60.9 Å². The van der Waals surface area contributed by atoms with Crippen LogP contribution in [0.25, 0.3) is 11.1 Å². The predicted octanol–water partition coefficient (Wildman–Crippen LogP) is 4.58. The zero-order valence-electron chi connectivity index (χ0n) is 20.5. The summed E-state index contributed by atoms with van der Waals surface area (Å²) in [5.41, 5.74) is 2.61. The Labute approximate surface area is 210 Å². The van der Waals surface area contributed by atoms with Crippen molar-refractivity contribution in [1.82, 2.24) is 10.2 Å². The molecule has 0 aromatic heterocycles. The van der Waals surface area contributed by atoms with Crippen LogP contribution in [0.2, 0.25) is 5.02 Å². The third kappa shape index (κ3) is 4.59. The Kier molecular flexibility index (Phi) is 7.60. The summed E-state index contributed by atoms with van der Waals surface area (Å²) in [6, 6.07) is 4.42. The third-order valence-corrected chi connectivity index (χ3v) is 7.15. The van der Waals surface area contributed by atoms with Crippen molar-refractivity contribution in [2.45, 2.75) is 38.1 Å². The lowest BCUT2D eigenvalue weighted by Crippen LogP contribution is -2.44. The van der Waals surface area contributed by atoms with Crippen molar-refractivity contribution in [1.29, 1.82) is 0 Å². The summed E-state index contributed by atoms with van der Waals surface area (Å²) in [5, 5.41) is 3.59. The standard InChI is InChI=1S/C26H31ClN2O6/c1-32-20-11-9-15-17(14-19(20)30)18(28-26(31)29-12-6-5-7-13-29)10-8-16-21(15)23(33-2)25(35-4)24(34-3)22(16)27/h9,11,14,18H,5-8,10,12-13H2,1-4H3,(H,28,31)/t18-/m0/s1. The Balaban J connectivity index is 1.94. The molecule has 0 unspecified atom stereocenters. The molecule has 1 saturated heterocycles. The van der Waals surface area contributed by atoms with E-state index in [1.54, 1.807) is 13.2 Å². The van der Waals surface area contributed by atoms with E-state index in [1.165, 1.54) is 27.4 Å². The molecule has 188 valence electrons. The number of rotatable bonds is 5. The number of hydrogen-bond donors (Lipinski definition) is 1. The number of halogens is 1. The minimum atomic E-state index is -0.422. The lowest BCUT2D eigenvalue weighted by molar-refractivity contribution is 0.182. The molecule has 0 spiro atoms. The van der Waals surface area contributed by atoms with E-state index in [4.69, 9.17) is 30.5 Å². The minimum absolute atomic E-state index is 0.134. The van der Waals surface area contributed by atoms with Gasteiger partial charge >= 0.3 is 6.03 Å². The molecule has 2 aromatic rings. The summed E-state index contributed by atoms with van der Waals surface area (Å²) in [5.74, 6) is 1.39. The van der Waals surface area contributed by atoms with Gasteiger partial charge in [-0.25, -0.2) is 4.79 Å². The number of amides is 2. The zero-order valence-corrected chi connectivity index (χ0v) is 21.3. The molecule has 1 N–H and O–H groups in total. The van der Waals surface area contributed by atoms with Gasteiger partial charge in [0, 0.05) is 18.7 Å². The summed E-state index contributed by atoms with van der Waals surface area (Å²) in [4.78, 5) is 28.0.